The number of nitrogens with zero attached hydrogens (tertiary/aromatic N) is 4. The van der Waals surface area contributed by atoms with Gasteiger partial charge in [0.25, 0.3) is 5.56 Å². The van der Waals surface area contributed by atoms with Crippen LogP contribution >= 0.6 is 15.9 Å². The zero-order chi connectivity index (χ0) is 14.1. The van der Waals surface area contributed by atoms with Gasteiger partial charge in [-0.25, -0.2) is 4.98 Å². The monoisotopic (exact) mass is 336 g/mol. The van der Waals surface area contributed by atoms with E-state index < -0.39 is 0 Å². The van der Waals surface area contributed by atoms with Crippen molar-refractivity contribution in [2.45, 2.75) is 45.2 Å². The minimum absolute atomic E-state index is 0.0621. The minimum Gasteiger partial charge on any atom is -0.292 e. The molecule has 106 valence electrons. The van der Waals surface area contributed by atoms with Gasteiger partial charge in [-0.2, -0.15) is 5.10 Å². The first-order chi connectivity index (χ1) is 9.65. The Morgan fingerprint density at radius 1 is 1.40 bits per heavy atom. The molecule has 2 heterocycles. The largest absolute Gasteiger partial charge is 0.292 e. The van der Waals surface area contributed by atoms with E-state index in [4.69, 9.17) is 0 Å². The van der Waals surface area contributed by atoms with Gasteiger partial charge >= 0.3 is 0 Å². The maximum absolute atomic E-state index is 12.1. The standard InChI is InChI=1S/C14H17BrN4O/c1-10-13(15)14(20)18(9-16-10)8-11-6-7-19(17-11)12-4-2-3-5-12/h6-7,9,12H,2-5,8H2,1H3. The zero-order valence-electron chi connectivity index (χ0n) is 11.4. The normalized spacial score (nSPS) is 15.9. The molecule has 1 fully saturated rings. The molecule has 3 rings (SSSR count). The van der Waals surface area contributed by atoms with Crippen molar-refractivity contribution in [2.75, 3.05) is 0 Å². The maximum atomic E-state index is 12.1. The fourth-order valence-electron chi connectivity index (χ4n) is 2.67. The SMILES string of the molecule is Cc1ncn(Cc2ccn(C3CCCC3)n2)c(=O)c1Br. The minimum atomic E-state index is -0.0621. The lowest BCUT2D eigenvalue weighted by Crippen LogP contribution is -2.23. The Kier molecular flexibility index (Phi) is 3.74. The highest BCUT2D eigenvalue weighted by atomic mass is 79.9. The van der Waals surface area contributed by atoms with Gasteiger partial charge in [-0.3, -0.25) is 14.0 Å². The third kappa shape index (κ3) is 2.57. The third-order valence-corrected chi connectivity index (χ3v) is 4.76. The molecule has 1 saturated carbocycles. The maximum Gasteiger partial charge on any atom is 0.268 e. The second-order valence-corrected chi connectivity index (χ2v) is 6.10. The van der Waals surface area contributed by atoms with E-state index in [0.717, 1.165) is 5.69 Å². The van der Waals surface area contributed by atoms with Crippen molar-refractivity contribution in [2.24, 2.45) is 0 Å². The van der Waals surface area contributed by atoms with Crippen LogP contribution < -0.4 is 5.56 Å². The van der Waals surface area contributed by atoms with E-state index in [9.17, 15) is 4.79 Å². The van der Waals surface area contributed by atoms with Crippen LogP contribution in [0, 0.1) is 6.92 Å². The summed E-state index contributed by atoms with van der Waals surface area (Å²) in [5.74, 6) is 0. The highest BCUT2D eigenvalue weighted by Gasteiger charge is 2.17. The van der Waals surface area contributed by atoms with Gasteiger partial charge < -0.3 is 0 Å². The van der Waals surface area contributed by atoms with Gasteiger partial charge in [0.05, 0.1) is 30.3 Å². The molecule has 6 heteroatoms. The summed E-state index contributed by atoms with van der Waals surface area (Å²) in [4.78, 5) is 16.3. The summed E-state index contributed by atoms with van der Waals surface area (Å²) in [6.07, 6.45) is 8.59. The van der Waals surface area contributed by atoms with Gasteiger partial charge in [0.1, 0.15) is 4.47 Å². The van der Waals surface area contributed by atoms with Crippen LogP contribution in [0.4, 0.5) is 0 Å². The van der Waals surface area contributed by atoms with Gasteiger partial charge in [0.2, 0.25) is 0 Å². The molecule has 0 aliphatic heterocycles. The predicted molar refractivity (Wildman–Crippen MR) is 79.8 cm³/mol. The molecule has 5 nitrogen and oxygen atoms in total. The topological polar surface area (TPSA) is 52.7 Å². The Labute approximate surface area is 125 Å². The third-order valence-electron chi connectivity index (χ3n) is 3.85. The number of halogens is 1. The first-order valence-corrected chi connectivity index (χ1v) is 7.70. The second kappa shape index (κ2) is 5.52. The predicted octanol–water partition coefficient (Wildman–Crippen LogP) is 2.67. The fraction of sp³-hybridized carbons (Fsp3) is 0.500. The molecule has 1 aliphatic carbocycles. The molecular formula is C14H17BrN4O. The number of aryl methyl sites for hydroxylation is 1. The van der Waals surface area contributed by atoms with E-state index >= 15 is 0 Å². The van der Waals surface area contributed by atoms with Crippen LogP contribution in [-0.4, -0.2) is 19.3 Å². The first-order valence-electron chi connectivity index (χ1n) is 6.91. The Morgan fingerprint density at radius 3 is 2.90 bits per heavy atom. The molecule has 20 heavy (non-hydrogen) atoms. The quantitative estimate of drug-likeness (QED) is 0.865. The van der Waals surface area contributed by atoms with Crippen molar-refractivity contribution in [3.05, 3.63) is 44.8 Å². The average Bonchev–Trinajstić information content (AvgIpc) is 3.10. The number of rotatable bonds is 3. The Bertz CT molecular complexity index is 670. The van der Waals surface area contributed by atoms with E-state index in [1.807, 2.05) is 23.9 Å². The molecular weight excluding hydrogens is 320 g/mol. The fourth-order valence-corrected chi connectivity index (χ4v) is 3.00. The average molecular weight is 337 g/mol. The molecule has 1 aliphatic rings. The van der Waals surface area contributed by atoms with Crippen LogP contribution in [0.15, 0.2) is 27.9 Å². The Balaban J connectivity index is 1.81. The van der Waals surface area contributed by atoms with Gasteiger partial charge in [0.15, 0.2) is 0 Å². The van der Waals surface area contributed by atoms with Gasteiger partial charge in [-0.15, -0.1) is 0 Å². The van der Waals surface area contributed by atoms with Crippen molar-refractivity contribution >= 4 is 15.9 Å². The Morgan fingerprint density at radius 2 is 2.15 bits per heavy atom. The van der Waals surface area contributed by atoms with Crippen molar-refractivity contribution in [3.8, 4) is 0 Å². The van der Waals surface area contributed by atoms with Crippen LogP contribution in [0.5, 0.6) is 0 Å². The van der Waals surface area contributed by atoms with Gasteiger partial charge in [-0.1, -0.05) is 12.8 Å². The summed E-state index contributed by atoms with van der Waals surface area (Å²) in [6.45, 7) is 2.27. The van der Waals surface area contributed by atoms with Gasteiger partial charge in [-0.05, 0) is 41.8 Å². The van der Waals surface area contributed by atoms with Crippen molar-refractivity contribution in [3.63, 3.8) is 0 Å². The van der Waals surface area contributed by atoms with Crippen molar-refractivity contribution < 1.29 is 0 Å². The van der Waals surface area contributed by atoms with Crippen LogP contribution in [0.2, 0.25) is 0 Å². The van der Waals surface area contributed by atoms with E-state index in [0.29, 0.717) is 22.8 Å². The molecule has 0 spiro atoms. The summed E-state index contributed by atoms with van der Waals surface area (Å²) in [6, 6.07) is 2.52. The lowest BCUT2D eigenvalue weighted by molar-refractivity contribution is 0.461. The summed E-state index contributed by atoms with van der Waals surface area (Å²) in [5.41, 5.74) is 1.55. The lowest BCUT2D eigenvalue weighted by Gasteiger charge is -2.09. The van der Waals surface area contributed by atoms with Crippen LogP contribution in [0.25, 0.3) is 0 Å². The van der Waals surface area contributed by atoms with Crippen molar-refractivity contribution in [1.82, 2.24) is 19.3 Å². The summed E-state index contributed by atoms with van der Waals surface area (Å²) >= 11 is 3.28. The molecule has 0 bridgehead atoms. The van der Waals surface area contributed by atoms with Crippen LogP contribution in [0.3, 0.4) is 0 Å². The Hall–Kier alpha value is -1.43. The highest BCUT2D eigenvalue weighted by molar-refractivity contribution is 9.10. The smallest absolute Gasteiger partial charge is 0.268 e. The first kappa shape index (κ1) is 13.5. The number of hydrogen-bond donors (Lipinski definition) is 0. The van der Waals surface area contributed by atoms with E-state index in [1.54, 1.807) is 10.9 Å². The summed E-state index contributed by atoms with van der Waals surface area (Å²) in [7, 11) is 0. The zero-order valence-corrected chi connectivity index (χ0v) is 13.0. The van der Waals surface area contributed by atoms with E-state index in [2.05, 4.69) is 26.0 Å². The van der Waals surface area contributed by atoms with Crippen molar-refractivity contribution in [1.29, 1.82) is 0 Å². The van der Waals surface area contributed by atoms with Crippen LogP contribution in [0.1, 0.15) is 43.1 Å². The molecule has 2 aromatic heterocycles. The molecule has 0 N–H and O–H groups in total. The molecule has 0 unspecified atom stereocenters. The van der Waals surface area contributed by atoms with Gasteiger partial charge in [0, 0.05) is 6.20 Å². The number of aromatic nitrogens is 4. The second-order valence-electron chi connectivity index (χ2n) is 5.30. The molecule has 0 aromatic carbocycles. The molecule has 0 saturated heterocycles. The van der Waals surface area contributed by atoms with E-state index in [-0.39, 0.29) is 5.56 Å². The molecule has 0 amide bonds. The molecule has 0 radical (unpaired) electrons. The highest BCUT2D eigenvalue weighted by Crippen LogP contribution is 2.28. The lowest BCUT2D eigenvalue weighted by atomic mass is 10.3. The molecule has 0 atom stereocenters. The van der Waals surface area contributed by atoms with E-state index in [1.165, 1.54) is 25.7 Å². The summed E-state index contributed by atoms with van der Waals surface area (Å²) in [5, 5.41) is 4.59. The summed E-state index contributed by atoms with van der Waals surface area (Å²) < 4.78 is 4.15. The van der Waals surface area contributed by atoms with Crippen LogP contribution in [-0.2, 0) is 6.54 Å². The number of hydrogen-bond acceptors (Lipinski definition) is 3. The molecule has 2 aromatic rings.